The summed E-state index contributed by atoms with van der Waals surface area (Å²) >= 11 is 0. The molecule has 2 amide bonds. The number of benzene rings is 3. The first-order valence-corrected chi connectivity index (χ1v) is 16.8. The van der Waals surface area contributed by atoms with E-state index in [-0.39, 0.29) is 23.2 Å². The highest BCUT2D eigenvalue weighted by molar-refractivity contribution is 6.25. The van der Waals surface area contributed by atoms with Crippen LogP contribution in [0.5, 0.6) is 11.5 Å². The van der Waals surface area contributed by atoms with Crippen molar-refractivity contribution in [2.24, 2.45) is 11.0 Å². The summed E-state index contributed by atoms with van der Waals surface area (Å²) in [4.78, 5) is 26.5. The van der Waals surface area contributed by atoms with Crippen molar-refractivity contribution >= 4 is 28.9 Å². The summed E-state index contributed by atoms with van der Waals surface area (Å²) < 4.78 is 26.6. The summed E-state index contributed by atoms with van der Waals surface area (Å²) in [6.07, 6.45) is 11.5. The van der Waals surface area contributed by atoms with Crippen LogP contribution < -0.4 is 19.8 Å². The molecule has 0 saturated heterocycles. The Labute approximate surface area is 273 Å². The van der Waals surface area contributed by atoms with Crippen LogP contribution >= 0.6 is 0 Å². The number of hydrazone groups is 1. The van der Waals surface area contributed by atoms with E-state index < -0.39 is 17.8 Å². The number of carbonyl (C=O) groups is 2. The van der Waals surface area contributed by atoms with E-state index >= 15 is 0 Å². The topological polar surface area (TPSA) is 80.2 Å². The van der Waals surface area contributed by atoms with E-state index in [1.165, 1.54) is 74.6 Å². The van der Waals surface area contributed by atoms with E-state index in [2.05, 4.69) is 12.2 Å². The number of carbonyl (C=O) groups excluding carboxylic acids is 2. The number of amides is 2. The van der Waals surface area contributed by atoms with Crippen LogP contribution in [0.4, 0.5) is 15.8 Å². The average molecular weight is 630 g/mol. The highest BCUT2D eigenvalue weighted by Crippen LogP contribution is 2.33. The monoisotopic (exact) mass is 629 g/mol. The van der Waals surface area contributed by atoms with E-state index in [9.17, 15) is 14.0 Å². The third-order valence-electron chi connectivity index (χ3n) is 8.03. The Balaban J connectivity index is 1.49. The molecule has 0 bridgehead atoms. The highest BCUT2D eigenvalue weighted by Gasteiger charge is 2.40. The summed E-state index contributed by atoms with van der Waals surface area (Å²) in [6.45, 7) is 8.30. The van der Waals surface area contributed by atoms with E-state index in [1.54, 1.807) is 26.0 Å². The van der Waals surface area contributed by atoms with E-state index in [1.807, 2.05) is 43.3 Å². The molecule has 1 unspecified atom stereocenters. The van der Waals surface area contributed by atoms with Gasteiger partial charge in [-0.05, 0) is 55.8 Å². The number of hydrogen-bond donors (Lipinski definition) is 1. The number of hydrogen-bond acceptors (Lipinski definition) is 5. The Kier molecular flexibility index (Phi) is 13.2. The largest absolute Gasteiger partial charge is 0.494 e. The standard InChI is InChI=1S/C38H48FN3O4/c1-5-6-7-8-9-10-11-12-13-14-24-45-32-17-15-16-29(25-32)35-36(46-31-21-18-28(4)19-22-31)38(44)42(41-35)34-23-20-30(39)26-33(34)40-37(43)27(2)3/h15-23,25-27,36H,5-14,24H2,1-4H3,(H,40,43). The van der Waals surface area contributed by atoms with Gasteiger partial charge in [0, 0.05) is 11.5 Å². The summed E-state index contributed by atoms with van der Waals surface area (Å²) in [5.41, 5.74) is 2.52. The lowest BCUT2D eigenvalue weighted by atomic mass is 10.0. The second-order valence-electron chi connectivity index (χ2n) is 12.3. The summed E-state index contributed by atoms with van der Waals surface area (Å²) in [5, 5.41) is 8.61. The first-order chi connectivity index (χ1) is 22.3. The molecule has 1 heterocycles. The molecule has 4 rings (SSSR count). The fraction of sp³-hybridized carbons (Fsp3) is 0.447. The minimum Gasteiger partial charge on any atom is -0.494 e. The summed E-state index contributed by atoms with van der Waals surface area (Å²) in [6, 6.07) is 18.8. The Morgan fingerprint density at radius 1 is 0.891 bits per heavy atom. The normalized spacial score (nSPS) is 14.5. The van der Waals surface area contributed by atoms with Crippen LogP contribution in [0.25, 0.3) is 0 Å². The SMILES string of the molecule is CCCCCCCCCCCCOc1cccc(C2=NN(c3ccc(F)cc3NC(=O)C(C)C)C(=O)C2Oc2ccc(C)cc2)c1. The molecule has 0 aliphatic carbocycles. The van der Waals surface area contributed by atoms with Crippen LogP contribution in [0.2, 0.25) is 0 Å². The molecule has 1 atom stereocenters. The number of nitrogens with zero attached hydrogens (tertiary/aromatic N) is 2. The highest BCUT2D eigenvalue weighted by atomic mass is 19.1. The van der Waals surface area contributed by atoms with Crippen LogP contribution in [0.15, 0.2) is 71.8 Å². The molecule has 7 nitrogen and oxygen atoms in total. The maximum Gasteiger partial charge on any atom is 0.294 e. The van der Waals surface area contributed by atoms with Crippen molar-refractivity contribution in [2.45, 2.75) is 98.0 Å². The fourth-order valence-electron chi connectivity index (χ4n) is 5.27. The number of halogens is 1. The molecule has 1 aliphatic heterocycles. The van der Waals surface area contributed by atoms with Gasteiger partial charge in [-0.15, -0.1) is 0 Å². The third kappa shape index (κ3) is 9.90. The maximum absolute atomic E-state index is 14.3. The predicted molar refractivity (Wildman–Crippen MR) is 183 cm³/mol. The minimum absolute atomic E-state index is 0.153. The van der Waals surface area contributed by atoms with Crippen LogP contribution in [0, 0.1) is 18.7 Å². The second-order valence-corrected chi connectivity index (χ2v) is 12.3. The quantitative estimate of drug-likeness (QED) is 0.142. The summed E-state index contributed by atoms with van der Waals surface area (Å²) in [5.74, 6) is -0.452. The Bertz CT molecular complexity index is 1470. The molecule has 246 valence electrons. The van der Waals surface area contributed by atoms with E-state index in [0.717, 1.165) is 18.4 Å². The number of ether oxygens (including phenoxy) is 2. The molecule has 46 heavy (non-hydrogen) atoms. The molecular weight excluding hydrogens is 581 g/mol. The molecule has 0 radical (unpaired) electrons. The van der Waals surface area contributed by atoms with Crippen LogP contribution in [-0.2, 0) is 9.59 Å². The smallest absolute Gasteiger partial charge is 0.294 e. The average Bonchev–Trinajstić information content (AvgIpc) is 3.36. The summed E-state index contributed by atoms with van der Waals surface area (Å²) in [7, 11) is 0. The van der Waals surface area contributed by atoms with Gasteiger partial charge < -0.3 is 14.8 Å². The molecule has 3 aromatic carbocycles. The molecule has 0 fully saturated rings. The fourth-order valence-corrected chi connectivity index (χ4v) is 5.27. The van der Waals surface area contributed by atoms with Crippen molar-refractivity contribution in [3.63, 3.8) is 0 Å². The Morgan fingerprint density at radius 3 is 2.24 bits per heavy atom. The molecule has 8 heteroatoms. The van der Waals surface area contributed by atoms with Crippen molar-refractivity contribution in [1.82, 2.24) is 0 Å². The zero-order chi connectivity index (χ0) is 32.9. The molecule has 0 saturated carbocycles. The molecule has 3 aromatic rings. The van der Waals surface area contributed by atoms with Crippen molar-refractivity contribution in [1.29, 1.82) is 0 Å². The molecule has 0 spiro atoms. The van der Waals surface area contributed by atoms with E-state index in [0.29, 0.717) is 29.4 Å². The van der Waals surface area contributed by atoms with Gasteiger partial charge in [0.25, 0.3) is 5.91 Å². The van der Waals surface area contributed by atoms with Crippen molar-refractivity contribution in [3.05, 3.63) is 83.7 Å². The second kappa shape index (κ2) is 17.5. The molecular formula is C38H48FN3O4. The Morgan fingerprint density at radius 2 is 1.57 bits per heavy atom. The zero-order valence-electron chi connectivity index (χ0n) is 27.7. The number of rotatable bonds is 18. The van der Waals surface area contributed by atoms with Gasteiger partial charge in [-0.1, -0.05) is 108 Å². The van der Waals surface area contributed by atoms with Gasteiger partial charge in [-0.2, -0.15) is 10.1 Å². The first kappa shape index (κ1) is 34.7. The Hall–Kier alpha value is -4.20. The lowest BCUT2D eigenvalue weighted by Gasteiger charge is -2.19. The minimum atomic E-state index is -1.07. The predicted octanol–water partition coefficient (Wildman–Crippen LogP) is 9.23. The van der Waals surface area contributed by atoms with Gasteiger partial charge in [0.2, 0.25) is 12.0 Å². The number of nitrogens with one attached hydrogen (secondary N) is 1. The van der Waals surface area contributed by atoms with Crippen molar-refractivity contribution < 1.29 is 23.5 Å². The molecule has 1 aliphatic rings. The van der Waals surface area contributed by atoms with E-state index in [4.69, 9.17) is 14.6 Å². The first-order valence-electron chi connectivity index (χ1n) is 16.8. The van der Waals surface area contributed by atoms with Gasteiger partial charge in [0.1, 0.15) is 23.0 Å². The number of unbranched alkanes of at least 4 members (excludes halogenated alkanes) is 9. The third-order valence-corrected chi connectivity index (χ3v) is 8.03. The molecule has 0 aromatic heterocycles. The molecule has 1 N–H and O–H groups in total. The van der Waals surface area contributed by atoms with Crippen LogP contribution in [0.1, 0.15) is 96.1 Å². The van der Waals surface area contributed by atoms with Crippen molar-refractivity contribution in [3.8, 4) is 11.5 Å². The zero-order valence-corrected chi connectivity index (χ0v) is 27.7. The maximum atomic E-state index is 14.3. The van der Waals surface area contributed by atoms with Crippen molar-refractivity contribution in [2.75, 3.05) is 16.9 Å². The van der Waals surface area contributed by atoms with Gasteiger partial charge in [0.15, 0.2) is 0 Å². The number of anilines is 2. The van der Waals surface area contributed by atoms with Gasteiger partial charge >= 0.3 is 0 Å². The number of aryl methyl sites for hydroxylation is 1. The van der Waals surface area contributed by atoms with Gasteiger partial charge in [0.05, 0.1) is 18.0 Å². The lowest BCUT2D eigenvalue weighted by Crippen LogP contribution is -2.37. The lowest BCUT2D eigenvalue weighted by molar-refractivity contribution is -0.122. The van der Waals surface area contributed by atoms with Crippen LogP contribution in [0.3, 0.4) is 0 Å². The van der Waals surface area contributed by atoms with Gasteiger partial charge in [-0.3, -0.25) is 9.59 Å². The van der Waals surface area contributed by atoms with Crippen LogP contribution in [-0.4, -0.2) is 30.2 Å². The van der Waals surface area contributed by atoms with Gasteiger partial charge in [-0.25, -0.2) is 4.39 Å².